The molecule has 2 rings (SSSR count). The van der Waals surface area contributed by atoms with Gasteiger partial charge in [-0.15, -0.1) is 9.24 Å². The number of nitrogens with two attached hydrogens (primary N) is 6. The molecule has 0 saturated carbocycles. The van der Waals surface area contributed by atoms with Crippen LogP contribution in [0.25, 0.3) is 11.4 Å². The lowest BCUT2D eigenvalue weighted by Crippen LogP contribution is -2.37. The topological polar surface area (TPSA) is 156 Å². The Morgan fingerprint density at radius 2 is 1.19 bits per heavy atom. The molecule has 0 heterocycles. The Morgan fingerprint density at radius 3 is 1.69 bits per heavy atom. The molecule has 2 unspecified atom stereocenters. The van der Waals surface area contributed by atoms with Gasteiger partial charge in [0.05, 0.1) is 23.1 Å². The highest BCUT2D eigenvalue weighted by Crippen LogP contribution is 2.15. The van der Waals surface area contributed by atoms with Crippen LogP contribution < -0.4 is 50.1 Å². The van der Waals surface area contributed by atoms with Gasteiger partial charge in [0.15, 0.2) is 0 Å². The van der Waals surface area contributed by atoms with Crippen LogP contribution in [0, 0.1) is 0 Å². The predicted molar refractivity (Wildman–Crippen MR) is 71.4 cm³/mol. The van der Waals surface area contributed by atoms with Crippen LogP contribution in [0.1, 0.15) is 0 Å². The number of hydrogen-bond acceptors (Lipinski definition) is 6. The Kier molecular flexibility index (Phi) is 2.15. The summed E-state index contributed by atoms with van der Waals surface area (Å²) >= 11 is 0. The smallest absolute Gasteiger partial charge is 0.0859 e. The SMILES string of the molecule is NC1=c2c(N)c(N)c(P)c(N)c2=C(N)C1N. The first-order chi connectivity index (χ1) is 7.37. The van der Waals surface area contributed by atoms with Crippen molar-refractivity contribution in [1.29, 1.82) is 0 Å². The van der Waals surface area contributed by atoms with Crippen LogP contribution in [-0.4, -0.2) is 6.04 Å². The maximum Gasteiger partial charge on any atom is 0.0859 e. The van der Waals surface area contributed by atoms with E-state index in [1.54, 1.807) is 0 Å². The molecule has 0 fully saturated rings. The molecule has 0 aliphatic heterocycles. The van der Waals surface area contributed by atoms with Crippen LogP contribution in [0.4, 0.5) is 17.1 Å². The maximum absolute atomic E-state index is 5.94. The molecule has 0 aromatic heterocycles. The van der Waals surface area contributed by atoms with E-state index in [2.05, 4.69) is 9.24 Å². The van der Waals surface area contributed by atoms with E-state index in [1.807, 2.05) is 0 Å². The second kappa shape index (κ2) is 3.17. The van der Waals surface area contributed by atoms with Gasteiger partial charge >= 0.3 is 0 Å². The average molecular weight is 238 g/mol. The molecular weight excluding hydrogens is 223 g/mol. The lowest BCUT2D eigenvalue weighted by Gasteiger charge is -2.09. The van der Waals surface area contributed by atoms with Crippen molar-refractivity contribution in [1.82, 2.24) is 0 Å². The summed E-state index contributed by atoms with van der Waals surface area (Å²) in [4.78, 5) is 0. The number of fused-ring (bicyclic) bond motifs is 1. The lowest BCUT2D eigenvalue weighted by molar-refractivity contribution is 1.03. The van der Waals surface area contributed by atoms with E-state index in [9.17, 15) is 0 Å². The third-order valence-electron chi connectivity index (χ3n) is 2.91. The summed E-state index contributed by atoms with van der Waals surface area (Å²) < 4.78 is 0. The van der Waals surface area contributed by atoms with Crippen LogP contribution >= 0.6 is 9.24 Å². The first kappa shape index (κ1) is 10.9. The van der Waals surface area contributed by atoms with E-state index in [1.165, 1.54) is 0 Å². The molecule has 6 nitrogen and oxygen atoms in total. The number of rotatable bonds is 0. The molecule has 0 bridgehead atoms. The molecule has 0 radical (unpaired) electrons. The molecule has 0 saturated heterocycles. The number of benzene rings is 1. The molecule has 16 heavy (non-hydrogen) atoms. The molecule has 1 aromatic rings. The highest BCUT2D eigenvalue weighted by atomic mass is 31.0. The zero-order valence-electron chi connectivity index (χ0n) is 8.62. The average Bonchev–Trinajstić information content (AvgIpc) is 2.48. The van der Waals surface area contributed by atoms with Crippen molar-refractivity contribution in [3.63, 3.8) is 0 Å². The van der Waals surface area contributed by atoms with Crippen molar-refractivity contribution < 1.29 is 0 Å². The molecule has 1 aliphatic rings. The van der Waals surface area contributed by atoms with E-state index in [0.29, 0.717) is 44.2 Å². The quantitative estimate of drug-likeness (QED) is 0.202. The van der Waals surface area contributed by atoms with Gasteiger partial charge in [-0.2, -0.15) is 0 Å². The highest BCUT2D eigenvalue weighted by Gasteiger charge is 2.23. The zero-order chi connectivity index (χ0) is 12.2. The van der Waals surface area contributed by atoms with Gasteiger partial charge in [0.25, 0.3) is 0 Å². The van der Waals surface area contributed by atoms with Crippen LogP contribution in [0.15, 0.2) is 0 Å². The van der Waals surface area contributed by atoms with E-state index >= 15 is 0 Å². The molecule has 12 N–H and O–H groups in total. The van der Waals surface area contributed by atoms with Crippen LogP contribution in [-0.2, 0) is 0 Å². The third-order valence-corrected chi connectivity index (χ3v) is 3.53. The van der Waals surface area contributed by atoms with E-state index in [0.717, 1.165) is 0 Å². The lowest BCUT2D eigenvalue weighted by atomic mass is 10.1. The van der Waals surface area contributed by atoms with Gasteiger partial charge in [0, 0.05) is 27.1 Å². The molecule has 0 amide bonds. The fraction of sp³-hybridized carbons (Fsp3) is 0.111. The molecule has 1 aromatic carbocycles. The van der Waals surface area contributed by atoms with Crippen LogP contribution in [0.2, 0.25) is 0 Å². The van der Waals surface area contributed by atoms with Gasteiger partial charge in [-0.3, -0.25) is 0 Å². The fourth-order valence-electron chi connectivity index (χ4n) is 1.91. The van der Waals surface area contributed by atoms with Crippen LogP contribution in [0.5, 0.6) is 0 Å². The minimum absolute atomic E-state index is 0.377. The normalized spacial score (nSPS) is 19.0. The molecule has 0 spiro atoms. The maximum atomic E-state index is 5.94. The summed E-state index contributed by atoms with van der Waals surface area (Å²) in [5.41, 5.74) is 37.3. The van der Waals surface area contributed by atoms with Crippen molar-refractivity contribution in [2.45, 2.75) is 6.04 Å². The fourth-order valence-corrected chi connectivity index (χ4v) is 2.21. The minimum Gasteiger partial charge on any atom is -0.400 e. The number of hydrogen-bond donors (Lipinski definition) is 6. The van der Waals surface area contributed by atoms with Crippen molar-refractivity contribution in [2.24, 2.45) is 17.2 Å². The second-order valence-electron chi connectivity index (χ2n) is 3.79. The van der Waals surface area contributed by atoms with E-state index in [-0.39, 0.29) is 0 Å². The van der Waals surface area contributed by atoms with E-state index in [4.69, 9.17) is 34.4 Å². The summed E-state index contributed by atoms with van der Waals surface area (Å²) in [5, 5.41) is 1.81. The van der Waals surface area contributed by atoms with Gasteiger partial charge in [-0.1, -0.05) is 0 Å². The number of anilines is 3. The van der Waals surface area contributed by atoms with Gasteiger partial charge in [0.1, 0.15) is 0 Å². The Balaban J connectivity index is 3.15. The van der Waals surface area contributed by atoms with Gasteiger partial charge < -0.3 is 34.4 Å². The Labute approximate surface area is 94.5 Å². The third kappa shape index (κ3) is 1.08. The predicted octanol–water partition coefficient (Wildman–Crippen LogP) is -3.59. The number of nitrogen functional groups attached to an aromatic ring is 3. The van der Waals surface area contributed by atoms with Gasteiger partial charge in [-0.25, -0.2) is 0 Å². The summed E-state index contributed by atoms with van der Waals surface area (Å²) in [6, 6.07) is -0.550. The second-order valence-corrected chi connectivity index (χ2v) is 4.37. The highest BCUT2D eigenvalue weighted by molar-refractivity contribution is 7.28. The molecule has 2 atom stereocenters. The summed E-state index contributed by atoms with van der Waals surface area (Å²) in [5.74, 6) is 0. The summed E-state index contributed by atoms with van der Waals surface area (Å²) in [7, 11) is 2.44. The molecule has 7 heteroatoms. The molecular formula is C9H15N6P. The zero-order valence-corrected chi connectivity index (χ0v) is 9.77. The van der Waals surface area contributed by atoms with E-state index < -0.39 is 6.04 Å². The molecule has 1 aliphatic carbocycles. The molecule has 86 valence electrons. The Morgan fingerprint density at radius 1 is 0.750 bits per heavy atom. The van der Waals surface area contributed by atoms with Crippen LogP contribution in [0.3, 0.4) is 0 Å². The first-order valence-electron chi connectivity index (χ1n) is 4.64. The Bertz CT molecular complexity index is 553. The Hall–Kier alpha value is -1.65. The van der Waals surface area contributed by atoms with Crippen molar-refractivity contribution in [3.8, 4) is 0 Å². The largest absolute Gasteiger partial charge is 0.400 e. The van der Waals surface area contributed by atoms with Crippen molar-refractivity contribution >= 4 is 43.0 Å². The van der Waals surface area contributed by atoms with Crippen molar-refractivity contribution in [2.75, 3.05) is 17.2 Å². The summed E-state index contributed by atoms with van der Waals surface area (Å²) in [6.07, 6.45) is 0. The van der Waals surface area contributed by atoms with Gasteiger partial charge in [0.2, 0.25) is 0 Å². The van der Waals surface area contributed by atoms with Crippen molar-refractivity contribution in [3.05, 3.63) is 10.4 Å². The van der Waals surface area contributed by atoms with Gasteiger partial charge in [-0.05, 0) is 0 Å². The standard InChI is InChI=1S/C9H15N6P/c10-3-1-2(4(11)7(3)14)6(13)9(16)8(15)5(1)12/h7H,10-16H2. The minimum atomic E-state index is -0.550. The monoisotopic (exact) mass is 238 g/mol. The summed E-state index contributed by atoms with van der Waals surface area (Å²) in [6.45, 7) is 0. The first-order valence-corrected chi connectivity index (χ1v) is 5.22.